The first-order chi connectivity index (χ1) is 15.2. The topological polar surface area (TPSA) is 46.3 Å². The number of hydrogen-bond donors (Lipinski definition) is 0. The quantitative estimate of drug-likeness (QED) is 0.343. The molecule has 6 rings (SSSR count). The molecule has 3 aromatic carbocycles. The van der Waals surface area contributed by atoms with Crippen LogP contribution in [0.5, 0.6) is 0 Å². The molecule has 0 saturated carbocycles. The molecule has 5 nitrogen and oxygen atoms in total. The van der Waals surface area contributed by atoms with Crippen LogP contribution in [0.15, 0.2) is 66.7 Å². The van der Waals surface area contributed by atoms with Crippen LogP contribution >= 0.6 is 23.2 Å². The van der Waals surface area contributed by atoms with E-state index in [1.807, 2.05) is 46.9 Å². The van der Waals surface area contributed by atoms with Gasteiger partial charge in [-0.05, 0) is 47.9 Å². The second-order valence-corrected chi connectivity index (χ2v) is 8.52. The van der Waals surface area contributed by atoms with Gasteiger partial charge in [-0.3, -0.25) is 0 Å². The molecular formula is C24H17Cl2N5. The van der Waals surface area contributed by atoms with Crippen molar-refractivity contribution in [2.75, 3.05) is 11.4 Å². The predicted octanol–water partition coefficient (Wildman–Crippen LogP) is 5.81. The van der Waals surface area contributed by atoms with E-state index in [4.69, 9.17) is 28.2 Å². The molecular weight excluding hydrogens is 429 g/mol. The van der Waals surface area contributed by atoms with Crippen LogP contribution < -0.4 is 4.90 Å². The smallest absolute Gasteiger partial charge is 0.214 e. The number of aromatic nitrogens is 4. The molecule has 0 atom stereocenters. The highest BCUT2D eigenvalue weighted by molar-refractivity contribution is 6.33. The Balaban J connectivity index is 1.63. The lowest BCUT2D eigenvalue weighted by atomic mass is 10.0. The summed E-state index contributed by atoms with van der Waals surface area (Å²) in [5, 5.41) is 11.2. The number of hydrogen-bond acceptors (Lipinski definition) is 4. The molecule has 0 saturated heterocycles. The van der Waals surface area contributed by atoms with Crippen LogP contribution in [0, 0.1) is 0 Å². The number of benzene rings is 3. The number of fused-ring (bicyclic) bond motifs is 4. The maximum atomic E-state index is 6.53. The molecule has 0 spiro atoms. The van der Waals surface area contributed by atoms with E-state index in [2.05, 4.69) is 39.4 Å². The number of anilines is 1. The Hall–Kier alpha value is -3.15. The summed E-state index contributed by atoms with van der Waals surface area (Å²) in [6.07, 6.45) is 0.955. The van der Waals surface area contributed by atoms with Gasteiger partial charge in [-0.25, -0.2) is 9.38 Å². The molecule has 31 heavy (non-hydrogen) atoms. The van der Waals surface area contributed by atoms with Gasteiger partial charge in [-0.2, -0.15) is 0 Å². The molecule has 0 fully saturated rings. The maximum absolute atomic E-state index is 6.53. The molecule has 3 heterocycles. The van der Waals surface area contributed by atoms with Crippen LogP contribution in [0.25, 0.3) is 27.9 Å². The van der Waals surface area contributed by atoms with E-state index in [9.17, 15) is 0 Å². The zero-order chi connectivity index (χ0) is 20.9. The normalized spacial score (nSPS) is 13.7. The molecule has 0 amide bonds. The van der Waals surface area contributed by atoms with Gasteiger partial charge < -0.3 is 4.90 Å². The summed E-state index contributed by atoms with van der Waals surface area (Å²) in [6.45, 7) is 1.62. The fourth-order valence-electron chi connectivity index (χ4n) is 4.29. The third kappa shape index (κ3) is 3.04. The lowest BCUT2D eigenvalue weighted by Gasteiger charge is -2.30. The third-order valence-corrected chi connectivity index (χ3v) is 6.38. The Kier molecular flexibility index (Phi) is 4.33. The first-order valence-electron chi connectivity index (χ1n) is 10.1. The van der Waals surface area contributed by atoms with Gasteiger partial charge in [0, 0.05) is 29.1 Å². The van der Waals surface area contributed by atoms with Gasteiger partial charge in [-0.1, -0.05) is 59.6 Å². The molecule has 0 N–H and O–H groups in total. The van der Waals surface area contributed by atoms with Crippen molar-refractivity contribution in [2.45, 2.75) is 13.0 Å². The first-order valence-corrected chi connectivity index (χ1v) is 10.9. The summed E-state index contributed by atoms with van der Waals surface area (Å²) in [5.74, 6) is 1.47. The van der Waals surface area contributed by atoms with Gasteiger partial charge in [0.2, 0.25) is 5.95 Å². The Morgan fingerprint density at radius 2 is 1.65 bits per heavy atom. The lowest BCUT2D eigenvalue weighted by Crippen LogP contribution is -2.32. The van der Waals surface area contributed by atoms with Crippen LogP contribution in [0.3, 0.4) is 0 Å². The van der Waals surface area contributed by atoms with Crippen molar-refractivity contribution in [1.82, 2.24) is 19.6 Å². The van der Waals surface area contributed by atoms with Gasteiger partial charge in [0.15, 0.2) is 11.5 Å². The van der Waals surface area contributed by atoms with Crippen molar-refractivity contribution in [3.63, 3.8) is 0 Å². The highest BCUT2D eigenvalue weighted by Gasteiger charge is 2.24. The maximum Gasteiger partial charge on any atom is 0.214 e. The highest BCUT2D eigenvalue weighted by atomic mass is 35.5. The van der Waals surface area contributed by atoms with E-state index in [0.717, 1.165) is 47.6 Å². The van der Waals surface area contributed by atoms with E-state index >= 15 is 0 Å². The van der Waals surface area contributed by atoms with Gasteiger partial charge in [0.1, 0.15) is 0 Å². The molecule has 0 unspecified atom stereocenters. The molecule has 152 valence electrons. The van der Waals surface area contributed by atoms with Gasteiger partial charge >= 0.3 is 0 Å². The monoisotopic (exact) mass is 445 g/mol. The number of halogens is 2. The summed E-state index contributed by atoms with van der Waals surface area (Å²) in [6, 6.07) is 21.9. The minimum Gasteiger partial charge on any atom is -0.337 e. The number of nitrogens with zero attached hydrogens (tertiary/aromatic N) is 5. The molecule has 0 bridgehead atoms. The fourth-order valence-corrected chi connectivity index (χ4v) is 4.67. The summed E-state index contributed by atoms with van der Waals surface area (Å²) in [4.78, 5) is 7.31. The standard InChI is InChI=1S/C24H17Cl2N5/c25-17-9-10-19-21(13-17)27-24(30-12-11-15-5-1-2-6-16(15)14-30)31-22(28-29-23(19)31)18-7-3-4-8-20(18)26/h1-10,13H,11-12,14H2. The van der Waals surface area contributed by atoms with Gasteiger partial charge in [-0.15, -0.1) is 10.2 Å². The first kappa shape index (κ1) is 18.6. The third-order valence-electron chi connectivity index (χ3n) is 5.81. The van der Waals surface area contributed by atoms with Crippen LogP contribution in [0.2, 0.25) is 10.0 Å². The second kappa shape index (κ2) is 7.22. The minimum atomic E-state index is 0.628. The van der Waals surface area contributed by atoms with Crippen LogP contribution in [0.1, 0.15) is 11.1 Å². The Bertz CT molecular complexity index is 1460. The summed E-state index contributed by atoms with van der Waals surface area (Å²) < 4.78 is 2.02. The zero-order valence-corrected chi connectivity index (χ0v) is 18.0. The Morgan fingerprint density at radius 3 is 2.52 bits per heavy atom. The van der Waals surface area contributed by atoms with Crippen molar-refractivity contribution < 1.29 is 0 Å². The molecule has 0 aliphatic carbocycles. The molecule has 5 aromatic rings. The number of rotatable bonds is 2. The molecule has 7 heteroatoms. The van der Waals surface area contributed by atoms with E-state index in [0.29, 0.717) is 15.9 Å². The lowest BCUT2D eigenvalue weighted by molar-refractivity contribution is 0.704. The van der Waals surface area contributed by atoms with Crippen molar-refractivity contribution in [1.29, 1.82) is 0 Å². The zero-order valence-electron chi connectivity index (χ0n) is 16.5. The van der Waals surface area contributed by atoms with Crippen molar-refractivity contribution in [3.8, 4) is 11.4 Å². The minimum absolute atomic E-state index is 0.628. The SMILES string of the molecule is Clc1ccc2c(c1)nc(N1CCc3ccccc3C1)n1c(-c3ccccc3Cl)nnc21. The van der Waals surface area contributed by atoms with Gasteiger partial charge in [0.25, 0.3) is 0 Å². The molecule has 2 aromatic heterocycles. The van der Waals surface area contributed by atoms with E-state index in [-0.39, 0.29) is 0 Å². The van der Waals surface area contributed by atoms with Crippen molar-refractivity contribution >= 4 is 45.7 Å². The van der Waals surface area contributed by atoms with Crippen molar-refractivity contribution in [2.24, 2.45) is 0 Å². The second-order valence-electron chi connectivity index (χ2n) is 7.68. The van der Waals surface area contributed by atoms with E-state index in [1.54, 1.807) is 0 Å². The summed E-state index contributed by atoms with van der Waals surface area (Å²) >= 11 is 12.8. The van der Waals surface area contributed by atoms with Crippen LogP contribution in [-0.4, -0.2) is 26.1 Å². The van der Waals surface area contributed by atoms with E-state index < -0.39 is 0 Å². The molecule has 1 aliphatic heterocycles. The van der Waals surface area contributed by atoms with E-state index in [1.165, 1.54) is 11.1 Å². The summed E-state index contributed by atoms with van der Waals surface area (Å²) in [5.41, 5.74) is 5.05. The largest absolute Gasteiger partial charge is 0.337 e. The fraction of sp³-hybridized carbons (Fsp3) is 0.125. The van der Waals surface area contributed by atoms with Crippen LogP contribution in [0.4, 0.5) is 5.95 Å². The highest BCUT2D eigenvalue weighted by Crippen LogP contribution is 2.34. The average Bonchev–Trinajstić information content (AvgIpc) is 3.23. The summed E-state index contributed by atoms with van der Waals surface area (Å²) in [7, 11) is 0. The predicted molar refractivity (Wildman–Crippen MR) is 125 cm³/mol. The average molecular weight is 446 g/mol. The van der Waals surface area contributed by atoms with Crippen molar-refractivity contribution in [3.05, 3.63) is 87.9 Å². The molecule has 0 radical (unpaired) electrons. The van der Waals surface area contributed by atoms with Crippen LogP contribution in [-0.2, 0) is 13.0 Å². The molecule has 1 aliphatic rings. The Labute approximate surface area is 188 Å². The van der Waals surface area contributed by atoms with Gasteiger partial charge in [0.05, 0.1) is 10.5 Å². The Morgan fingerprint density at radius 1 is 0.839 bits per heavy atom.